The van der Waals surface area contributed by atoms with Crippen molar-refractivity contribution in [2.45, 2.75) is 25.2 Å². The summed E-state index contributed by atoms with van der Waals surface area (Å²) in [6, 6.07) is 13.6. The summed E-state index contributed by atoms with van der Waals surface area (Å²) in [5.74, 6) is 0. The van der Waals surface area contributed by atoms with E-state index in [9.17, 15) is 0 Å². The van der Waals surface area contributed by atoms with Crippen LogP contribution in [-0.2, 0) is 0 Å². The molecule has 1 aromatic carbocycles. The van der Waals surface area contributed by atoms with Gasteiger partial charge in [-0.3, -0.25) is 0 Å². The first-order chi connectivity index (χ1) is 7.02. The maximum absolute atomic E-state index is 2.45. The van der Waals surface area contributed by atoms with Gasteiger partial charge in [0.1, 0.15) is 8.24 Å². The molecule has 0 heterocycles. The van der Waals surface area contributed by atoms with Gasteiger partial charge in [0.15, 0.2) is 0 Å². The van der Waals surface area contributed by atoms with Crippen LogP contribution in [0.4, 0.5) is 0 Å². The summed E-state index contributed by atoms with van der Waals surface area (Å²) in [5, 5.41) is 1.50. The molecule has 0 unspecified atom stereocenters. The zero-order chi connectivity index (χ0) is 11.3. The normalized spacial score (nSPS) is 12.1. The molecule has 0 saturated heterocycles. The first-order valence-corrected chi connectivity index (χ1v) is 9.85. The Labute approximate surface area is 97.4 Å². The molecule has 0 aliphatic carbocycles. The van der Waals surface area contributed by atoms with Gasteiger partial charge >= 0.3 is 0 Å². The van der Waals surface area contributed by atoms with E-state index >= 15 is 0 Å². The standard InChI is InChI=1S/C12H21NSi2/c1-13(2)15(3,4)11-10-14-12-8-6-5-7-9-12/h5-9H,10-11H2,1-4H3. The molecule has 3 heteroatoms. The Morgan fingerprint density at radius 1 is 1.13 bits per heavy atom. The molecule has 0 fully saturated rings. The van der Waals surface area contributed by atoms with Gasteiger partial charge in [-0.25, -0.2) is 0 Å². The van der Waals surface area contributed by atoms with Crippen LogP contribution in [0.15, 0.2) is 30.3 Å². The third-order valence-corrected chi connectivity index (χ3v) is 8.69. The molecule has 1 rings (SSSR count). The van der Waals surface area contributed by atoms with Crippen LogP contribution in [0.2, 0.25) is 25.2 Å². The highest BCUT2D eigenvalue weighted by molar-refractivity contribution is 6.75. The first-order valence-electron chi connectivity index (χ1n) is 5.49. The van der Waals surface area contributed by atoms with Crippen molar-refractivity contribution in [3.8, 4) is 0 Å². The molecule has 0 amide bonds. The number of rotatable bonds is 5. The SMILES string of the molecule is CN(C)[Si](C)(C)CC[Si]c1ccccc1. The third-order valence-electron chi connectivity index (χ3n) is 3.05. The van der Waals surface area contributed by atoms with E-state index in [1.807, 2.05) is 0 Å². The Bertz CT molecular complexity index is 283. The summed E-state index contributed by atoms with van der Waals surface area (Å²) in [6.45, 7) is 4.89. The molecule has 0 spiro atoms. The van der Waals surface area contributed by atoms with Crippen molar-refractivity contribution in [3.63, 3.8) is 0 Å². The molecule has 0 aliphatic heterocycles. The average Bonchev–Trinajstić information content (AvgIpc) is 2.19. The van der Waals surface area contributed by atoms with Crippen LogP contribution in [-0.4, -0.2) is 36.4 Å². The molecular weight excluding hydrogens is 214 g/mol. The predicted molar refractivity (Wildman–Crippen MR) is 72.6 cm³/mol. The summed E-state index contributed by atoms with van der Waals surface area (Å²) in [4.78, 5) is 0. The molecule has 0 atom stereocenters. The Kier molecular flexibility index (Phi) is 4.76. The summed E-state index contributed by atoms with van der Waals surface area (Å²) >= 11 is 0. The number of hydrogen-bond donors (Lipinski definition) is 0. The second kappa shape index (κ2) is 5.63. The van der Waals surface area contributed by atoms with Crippen LogP contribution in [0.25, 0.3) is 0 Å². The molecule has 0 N–H and O–H groups in total. The average molecular weight is 235 g/mol. The molecule has 0 aliphatic rings. The minimum absolute atomic E-state index is 0.979. The third kappa shape index (κ3) is 4.32. The van der Waals surface area contributed by atoms with Crippen molar-refractivity contribution in [3.05, 3.63) is 30.3 Å². The summed E-state index contributed by atoms with van der Waals surface area (Å²) in [7, 11) is 4.32. The van der Waals surface area contributed by atoms with Crippen molar-refractivity contribution in [2.24, 2.45) is 0 Å². The number of hydrogen-bond acceptors (Lipinski definition) is 1. The molecule has 82 valence electrons. The monoisotopic (exact) mass is 235 g/mol. The van der Waals surface area contributed by atoms with Crippen molar-refractivity contribution >= 4 is 22.9 Å². The van der Waals surface area contributed by atoms with E-state index in [4.69, 9.17) is 0 Å². The van der Waals surface area contributed by atoms with E-state index in [0.29, 0.717) is 0 Å². The van der Waals surface area contributed by atoms with E-state index in [2.05, 4.69) is 62.1 Å². The molecule has 1 aromatic rings. The highest BCUT2D eigenvalue weighted by Crippen LogP contribution is 2.13. The Morgan fingerprint density at radius 3 is 2.27 bits per heavy atom. The summed E-state index contributed by atoms with van der Waals surface area (Å²) in [5.41, 5.74) is 0. The fourth-order valence-corrected chi connectivity index (χ4v) is 5.40. The summed E-state index contributed by atoms with van der Waals surface area (Å²) < 4.78 is 2.45. The highest BCUT2D eigenvalue weighted by Gasteiger charge is 2.22. The fourth-order valence-electron chi connectivity index (χ4n) is 1.29. The van der Waals surface area contributed by atoms with Crippen molar-refractivity contribution in [1.29, 1.82) is 0 Å². The van der Waals surface area contributed by atoms with Crippen LogP contribution in [0, 0.1) is 0 Å². The van der Waals surface area contributed by atoms with Gasteiger partial charge in [-0.05, 0) is 20.1 Å². The second-order valence-electron chi connectivity index (χ2n) is 4.75. The first kappa shape index (κ1) is 12.7. The van der Waals surface area contributed by atoms with E-state index in [1.165, 1.54) is 17.3 Å². The van der Waals surface area contributed by atoms with E-state index in [-0.39, 0.29) is 0 Å². The molecule has 1 nitrogen and oxygen atoms in total. The van der Waals surface area contributed by atoms with Crippen molar-refractivity contribution in [1.82, 2.24) is 4.57 Å². The van der Waals surface area contributed by atoms with Gasteiger partial charge in [0, 0.05) is 0 Å². The Morgan fingerprint density at radius 2 is 1.73 bits per heavy atom. The predicted octanol–water partition coefficient (Wildman–Crippen LogP) is 2.20. The van der Waals surface area contributed by atoms with E-state index in [0.717, 1.165) is 9.52 Å². The topological polar surface area (TPSA) is 3.24 Å². The smallest absolute Gasteiger partial charge is 0.121 e. The van der Waals surface area contributed by atoms with Crippen molar-refractivity contribution < 1.29 is 0 Å². The van der Waals surface area contributed by atoms with Crippen LogP contribution in [0.1, 0.15) is 0 Å². The van der Waals surface area contributed by atoms with Gasteiger partial charge in [0.25, 0.3) is 0 Å². The number of nitrogens with zero attached hydrogens (tertiary/aromatic N) is 1. The second-order valence-corrected chi connectivity index (χ2v) is 11.2. The van der Waals surface area contributed by atoms with Crippen LogP contribution >= 0.6 is 0 Å². The maximum Gasteiger partial charge on any atom is 0.121 e. The van der Waals surface area contributed by atoms with Gasteiger partial charge in [0.2, 0.25) is 0 Å². The molecular formula is C12H21NSi2. The van der Waals surface area contributed by atoms with E-state index < -0.39 is 8.24 Å². The molecule has 0 bridgehead atoms. The lowest BCUT2D eigenvalue weighted by molar-refractivity contribution is 0.619. The molecule has 2 radical (unpaired) electrons. The van der Waals surface area contributed by atoms with Gasteiger partial charge in [-0.15, -0.1) is 0 Å². The lowest BCUT2D eigenvalue weighted by Crippen LogP contribution is -2.43. The van der Waals surface area contributed by atoms with Gasteiger partial charge in [0.05, 0.1) is 9.52 Å². The quantitative estimate of drug-likeness (QED) is 0.707. The highest BCUT2D eigenvalue weighted by atomic mass is 28.3. The molecule has 0 aromatic heterocycles. The van der Waals surface area contributed by atoms with E-state index in [1.54, 1.807) is 0 Å². The Balaban J connectivity index is 2.34. The minimum Gasteiger partial charge on any atom is -0.329 e. The lowest BCUT2D eigenvalue weighted by atomic mass is 10.4. The zero-order valence-corrected chi connectivity index (χ0v) is 12.2. The minimum atomic E-state index is -1.09. The summed E-state index contributed by atoms with van der Waals surface area (Å²) in [6.07, 6.45) is 0. The van der Waals surface area contributed by atoms with Crippen LogP contribution < -0.4 is 5.19 Å². The van der Waals surface area contributed by atoms with Gasteiger partial charge in [-0.2, -0.15) is 0 Å². The van der Waals surface area contributed by atoms with Gasteiger partial charge < -0.3 is 4.57 Å². The molecule has 15 heavy (non-hydrogen) atoms. The fraction of sp³-hybridized carbons (Fsp3) is 0.500. The number of benzene rings is 1. The largest absolute Gasteiger partial charge is 0.329 e. The van der Waals surface area contributed by atoms with Crippen LogP contribution in [0.5, 0.6) is 0 Å². The van der Waals surface area contributed by atoms with Crippen molar-refractivity contribution in [2.75, 3.05) is 14.1 Å². The maximum atomic E-state index is 2.45. The Hall–Kier alpha value is -0.386. The zero-order valence-electron chi connectivity index (χ0n) is 10.2. The lowest BCUT2D eigenvalue weighted by Gasteiger charge is -2.30. The van der Waals surface area contributed by atoms with Crippen LogP contribution in [0.3, 0.4) is 0 Å². The van der Waals surface area contributed by atoms with Gasteiger partial charge in [-0.1, -0.05) is 54.7 Å². The molecule has 0 saturated carbocycles.